The Bertz CT molecular complexity index is 624. The Hall–Kier alpha value is -1.97. The highest BCUT2D eigenvalue weighted by Gasteiger charge is 2.13. The van der Waals surface area contributed by atoms with Crippen LogP contribution in [-0.2, 0) is 6.42 Å². The van der Waals surface area contributed by atoms with Gasteiger partial charge in [-0.05, 0) is 31.4 Å². The van der Waals surface area contributed by atoms with Crippen molar-refractivity contribution >= 4 is 16.6 Å². The molecule has 0 bridgehead atoms. The van der Waals surface area contributed by atoms with Gasteiger partial charge >= 0.3 is 0 Å². The van der Waals surface area contributed by atoms with Crippen LogP contribution >= 0.6 is 0 Å². The second kappa shape index (κ2) is 6.66. The lowest BCUT2D eigenvalue weighted by molar-refractivity contribution is 0.397. The maximum absolute atomic E-state index is 5.49. The van der Waals surface area contributed by atoms with Crippen molar-refractivity contribution in [3.8, 4) is 11.5 Å². The maximum atomic E-state index is 5.49. The highest BCUT2D eigenvalue weighted by molar-refractivity contribution is 5.96. The molecule has 0 spiro atoms. The van der Waals surface area contributed by atoms with Crippen molar-refractivity contribution in [3.63, 3.8) is 0 Å². The van der Waals surface area contributed by atoms with E-state index in [1.54, 1.807) is 14.2 Å². The van der Waals surface area contributed by atoms with Gasteiger partial charge in [0.05, 0.1) is 14.2 Å². The SMILES string of the molecule is CCNc1cc(CC(C)C)nc2c(OC)cc(OC)cc12. The molecule has 0 aliphatic carbocycles. The van der Waals surface area contributed by atoms with Crippen molar-refractivity contribution in [3.05, 3.63) is 23.9 Å². The number of anilines is 1. The number of ether oxygens (including phenoxy) is 2. The summed E-state index contributed by atoms with van der Waals surface area (Å²) < 4.78 is 10.8. The molecule has 0 amide bonds. The number of hydrogen-bond donors (Lipinski definition) is 1. The molecule has 0 saturated heterocycles. The molecule has 0 radical (unpaired) electrons. The van der Waals surface area contributed by atoms with Gasteiger partial charge in [-0.1, -0.05) is 13.8 Å². The number of benzene rings is 1. The van der Waals surface area contributed by atoms with Crippen LogP contribution in [-0.4, -0.2) is 25.7 Å². The Morgan fingerprint density at radius 2 is 1.90 bits per heavy atom. The molecule has 4 nitrogen and oxygen atoms in total. The summed E-state index contributed by atoms with van der Waals surface area (Å²) in [5, 5.41) is 4.44. The molecule has 1 aromatic heterocycles. The number of methoxy groups -OCH3 is 2. The average molecular weight is 288 g/mol. The first-order valence-corrected chi connectivity index (χ1v) is 7.38. The topological polar surface area (TPSA) is 43.4 Å². The fourth-order valence-electron chi connectivity index (χ4n) is 2.46. The zero-order valence-corrected chi connectivity index (χ0v) is 13.5. The Labute approximate surface area is 126 Å². The van der Waals surface area contributed by atoms with E-state index in [0.29, 0.717) is 5.92 Å². The fourth-order valence-corrected chi connectivity index (χ4v) is 2.46. The van der Waals surface area contributed by atoms with E-state index in [9.17, 15) is 0 Å². The minimum absolute atomic E-state index is 0.564. The van der Waals surface area contributed by atoms with Gasteiger partial charge in [0.1, 0.15) is 17.0 Å². The van der Waals surface area contributed by atoms with Crippen LogP contribution in [0.3, 0.4) is 0 Å². The zero-order chi connectivity index (χ0) is 15.4. The second-order valence-corrected chi connectivity index (χ2v) is 5.52. The third-order valence-electron chi connectivity index (χ3n) is 3.35. The van der Waals surface area contributed by atoms with Gasteiger partial charge in [0, 0.05) is 29.4 Å². The molecule has 114 valence electrons. The summed E-state index contributed by atoms with van der Waals surface area (Å²) in [5.41, 5.74) is 3.04. The summed E-state index contributed by atoms with van der Waals surface area (Å²) in [7, 11) is 3.33. The summed E-state index contributed by atoms with van der Waals surface area (Å²) in [4.78, 5) is 4.78. The Kier molecular flexibility index (Phi) is 4.89. The monoisotopic (exact) mass is 288 g/mol. The lowest BCUT2D eigenvalue weighted by Gasteiger charge is -2.15. The van der Waals surface area contributed by atoms with Crippen LogP contribution in [0.2, 0.25) is 0 Å². The van der Waals surface area contributed by atoms with Crippen LogP contribution in [0.5, 0.6) is 11.5 Å². The van der Waals surface area contributed by atoms with Gasteiger partial charge in [-0.3, -0.25) is 0 Å². The predicted octanol–water partition coefficient (Wildman–Crippen LogP) is 3.88. The van der Waals surface area contributed by atoms with Crippen LogP contribution in [0.25, 0.3) is 10.9 Å². The predicted molar refractivity (Wildman–Crippen MR) is 87.6 cm³/mol. The third-order valence-corrected chi connectivity index (χ3v) is 3.35. The lowest BCUT2D eigenvalue weighted by atomic mass is 10.0. The molecule has 21 heavy (non-hydrogen) atoms. The molecular formula is C17H24N2O2. The van der Waals surface area contributed by atoms with Gasteiger partial charge in [-0.15, -0.1) is 0 Å². The number of nitrogens with zero attached hydrogens (tertiary/aromatic N) is 1. The van der Waals surface area contributed by atoms with E-state index in [1.807, 2.05) is 12.1 Å². The summed E-state index contributed by atoms with van der Waals surface area (Å²) >= 11 is 0. The summed E-state index contributed by atoms with van der Waals surface area (Å²) in [5.74, 6) is 2.08. The Balaban J connectivity index is 2.68. The first-order chi connectivity index (χ1) is 10.1. The highest BCUT2D eigenvalue weighted by Crippen LogP contribution is 2.34. The van der Waals surface area contributed by atoms with Crippen molar-refractivity contribution in [1.82, 2.24) is 4.98 Å². The largest absolute Gasteiger partial charge is 0.497 e. The molecule has 0 fully saturated rings. The smallest absolute Gasteiger partial charge is 0.148 e. The Morgan fingerprint density at radius 3 is 2.48 bits per heavy atom. The highest BCUT2D eigenvalue weighted by atomic mass is 16.5. The van der Waals surface area contributed by atoms with Gasteiger partial charge in [0.15, 0.2) is 0 Å². The molecule has 0 unspecified atom stereocenters. The van der Waals surface area contributed by atoms with E-state index in [-0.39, 0.29) is 0 Å². The average Bonchev–Trinajstić information content (AvgIpc) is 2.46. The van der Waals surface area contributed by atoms with Crippen molar-refractivity contribution in [1.29, 1.82) is 0 Å². The number of rotatable bonds is 6. The fraction of sp³-hybridized carbons (Fsp3) is 0.471. The van der Waals surface area contributed by atoms with E-state index < -0.39 is 0 Å². The van der Waals surface area contributed by atoms with E-state index in [2.05, 4.69) is 32.2 Å². The first-order valence-electron chi connectivity index (χ1n) is 7.38. The molecular weight excluding hydrogens is 264 g/mol. The molecule has 0 saturated carbocycles. The van der Waals surface area contributed by atoms with Crippen molar-refractivity contribution in [2.45, 2.75) is 27.2 Å². The standard InChI is InChI=1S/C17H24N2O2/c1-6-18-15-8-12(7-11(2)3)19-17-14(15)9-13(20-4)10-16(17)21-5/h8-11H,6-7H2,1-5H3,(H,18,19). The lowest BCUT2D eigenvalue weighted by Crippen LogP contribution is -2.04. The Morgan fingerprint density at radius 1 is 1.14 bits per heavy atom. The van der Waals surface area contributed by atoms with Crippen LogP contribution in [0.15, 0.2) is 18.2 Å². The number of nitrogens with one attached hydrogen (secondary N) is 1. The summed E-state index contributed by atoms with van der Waals surface area (Å²) in [6.07, 6.45) is 0.948. The molecule has 2 aromatic rings. The van der Waals surface area contributed by atoms with Crippen molar-refractivity contribution in [2.75, 3.05) is 26.1 Å². The van der Waals surface area contributed by atoms with Crippen LogP contribution in [0.1, 0.15) is 26.5 Å². The van der Waals surface area contributed by atoms with Gasteiger partial charge in [-0.2, -0.15) is 0 Å². The molecule has 0 aliphatic rings. The zero-order valence-electron chi connectivity index (χ0n) is 13.5. The maximum Gasteiger partial charge on any atom is 0.148 e. The van der Waals surface area contributed by atoms with Gasteiger partial charge in [-0.25, -0.2) is 4.98 Å². The van der Waals surface area contributed by atoms with E-state index >= 15 is 0 Å². The van der Waals surface area contributed by atoms with E-state index in [4.69, 9.17) is 14.5 Å². The van der Waals surface area contributed by atoms with E-state index in [0.717, 1.165) is 46.7 Å². The summed E-state index contributed by atoms with van der Waals surface area (Å²) in [6.45, 7) is 7.35. The molecule has 4 heteroatoms. The van der Waals surface area contributed by atoms with Crippen molar-refractivity contribution < 1.29 is 9.47 Å². The van der Waals surface area contributed by atoms with E-state index in [1.165, 1.54) is 0 Å². The van der Waals surface area contributed by atoms with Crippen molar-refractivity contribution in [2.24, 2.45) is 5.92 Å². The molecule has 0 aliphatic heterocycles. The van der Waals surface area contributed by atoms with Gasteiger partial charge < -0.3 is 14.8 Å². The van der Waals surface area contributed by atoms with Crippen LogP contribution < -0.4 is 14.8 Å². The molecule has 1 N–H and O–H groups in total. The number of hydrogen-bond acceptors (Lipinski definition) is 4. The quantitative estimate of drug-likeness (QED) is 0.876. The van der Waals surface area contributed by atoms with Crippen LogP contribution in [0.4, 0.5) is 5.69 Å². The van der Waals surface area contributed by atoms with Crippen LogP contribution in [0, 0.1) is 5.92 Å². The van der Waals surface area contributed by atoms with Gasteiger partial charge in [0.2, 0.25) is 0 Å². The summed E-state index contributed by atoms with van der Waals surface area (Å²) in [6, 6.07) is 6.01. The first kappa shape index (κ1) is 15.4. The third kappa shape index (κ3) is 3.38. The normalized spacial score (nSPS) is 11.0. The second-order valence-electron chi connectivity index (χ2n) is 5.52. The molecule has 0 atom stereocenters. The molecule has 1 aromatic carbocycles. The number of pyridine rings is 1. The molecule has 1 heterocycles. The number of aromatic nitrogens is 1. The van der Waals surface area contributed by atoms with Gasteiger partial charge in [0.25, 0.3) is 0 Å². The minimum atomic E-state index is 0.564. The number of fused-ring (bicyclic) bond motifs is 1. The molecule has 2 rings (SSSR count). The minimum Gasteiger partial charge on any atom is -0.497 e.